The van der Waals surface area contributed by atoms with Crippen LogP contribution in [0.5, 0.6) is 0 Å². The molecule has 0 bridgehead atoms. The van der Waals surface area contributed by atoms with E-state index in [4.69, 9.17) is 0 Å². The summed E-state index contributed by atoms with van der Waals surface area (Å²) in [5.41, 5.74) is 2.50. The van der Waals surface area contributed by atoms with E-state index in [9.17, 15) is 4.39 Å². The van der Waals surface area contributed by atoms with Crippen molar-refractivity contribution in [3.05, 3.63) is 29.8 Å². The molecule has 2 aromatic rings. The average Bonchev–Trinajstić information content (AvgIpc) is 2.64. The number of aromatic nitrogens is 2. The normalized spacial score (nSPS) is 15.3. The highest BCUT2D eigenvalue weighted by Gasteiger charge is 2.21. The second-order valence-electron chi connectivity index (χ2n) is 4.33. The minimum atomic E-state index is -0.136. The lowest BCUT2D eigenvalue weighted by molar-refractivity contribution is 0.320. The highest BCUT2D eigenvalue weighted by molar-refractivity contribution is 5.76. The molecule has 0 N–H and O–H groups in total. The van der Waals surface area contributed by atoms with Gasteiger partial charge in [0.1, 0.15) is 5.82 Å². The van der Waals surface area contributed by atoms with Gasteiger partial charge in [0.25, 0.3) is 0 Å². The molecule has 2 nitrogen and oxygen atoms in total. The van der Waals surface area contributed by atoms with E-state index in [2.05, 4.69) is 9.55 Å². The van der Waals surface area contributed by atoms with Crippen LogP contribution in [0.3, 0.4) is 0 Å². The summed E-state index contributed by atoms with van der Waals surface area (Å²) in [5, 5.41) is 0. The van der Waals surface area contributed by atoms with E-state index in [0.29, 0.717) is 11.6 Å². The van der Waals surface area contributed by atoms with Gasteiger partial charge in [0.2, 0.25) is 0 Å². The van der Waals surface area contributed by atoms with Gasteiger partial charge in [-0.25, -0.2) is 9.37 Å². The molecular formula is C14H19FN2. The number of halogens is 1. The van der Waals surface area contributed by atoms with E-state index in [1.807, 2.05) is 26.2 Å². The molecule has 1 aliphatic rings. The molecule has 3 heteroatoms. The highest BCUT2D eigenvalue weighted by atomic mass is 19.1. The molecule has 0 atom stereocenters. The summed E-state index contributed by atoms with van der Waals surface area (Å²) in [6.45, 7) is 5.77. The number of benzene rings is 1. The van der Waals surface area contributed by atoms with Crippen molar-refractivity contribution < 1.29 is 4.39 Å². The fraction of sp³-hybridized carbons (Fsp3) is 0.500. The van der Waals surface area contributed by atoms with Gasteiger partial charge >= 0.3 is 0 Å². The molecule has 0 amide bonds. The number of aryl methyl sites for hydroxylation is 1. The first-order valence-electron chi connectivity index (χ1n) is 6.38. The SMILES string of the molecule is CC.Cc1cc2ncn(C3CCC3)c2cc1F. The number of nitrogens with zero attached hydrogens (tertiary/aromatic N) is 2. The Hall–Kier alpha value is -1.38. The van der Waals surface area contributed by atoms with Gasteiger partial charge in [0.05, 0.1) is 17.4 Å². The lowest BCUT2D eigenvalue weighted by atomic mass is 9.93. The molecule has 1 fully saturated rings. The van der Waals surface area contributed by atoms with E-state index in [1.165, 1.54) is 19.3 Å². The van der Waals surface area contributed by atoms with Gasteiger partial charge in [-0.2, -0.15) is 0 Å². The molecule has 0 spiro atoms. The maximum Gasteiger partial charge on any atom is 0.128 e. The average molecular weight is 234 g/mol. The van der Waals surface area contributed by atoms with Gasteiger partial charge in [-0.15, -0.1) is 0 Å². The summed E-state index contributed by atoms with van der Waals surface area (Å²) < 4.78 is 15.6. The third-order valence-electron chi connectivity index (χ3n) is 3.32. The lowest BCUT2D eigenvalue weighted by Gasteiger charge is -2.27. The smallest absolute Gasteiger partial charge is 0.128 e. The Balaban J connectivity index is 0.000000514. The highest BCUT2D eigenvalue weighted by Crippen LogP contribution is 2.34. The molecule has 0 radical (unpaired) electrons. The van der Waals surface area contributed by atoms with Crippen LogP contribution < -0.4 is 0 Å². The standard InChI is InChI=1S/C12H13FN2.C2H6/c1-8-5-11-12(6-10(8)13)15(7-14-11)9-3-2-4-9;1-2/h5-7,9H,2-4H2,1H3;1-2H3. The van der Waals surface area contributed by atoms with Crippen molar-refractivity contribution in [1.82, 2.24) is 9.55 Å². The molecule has 1 saturated carbocycles. The Morgan fingerprint density at radius 3 is 2.59 bits per heavy atom. The number of rotatable bonds is 1. The summed E-state index contributed by atoms with van der Waals surface area (Å²) in [6, 6.07) is 3.97. The van der Waals surface area contributed by atoms with Crippen LogP contribution in [0.1, 0.15) is 44.7 Å². The molecule has 1 heterocycles. The van der Waals surface area contributed by atoms with Crippen molar-refractivity contribution in [2.75, 3.05) is 0 Å². The third kappa shape index (κ3) is 2.06. The molecule has 0 unspecified atom stereocenters. The molecule has 1 aliphatic carbocycles. The van der Waals surface area contributed by atoms with Crippen LogP contribution in [-0.2, 0) is 0 Å². The number of hydrogen-bond donors (Lipinski definition) is 0. The lowest BCUT2D eigenvalue weighted by Crippen LogP contribution is -2.15. The topological polar surface area (TPSA) is 17.8 Å². The van der Waals surface area contributed by atoms with E-state index in [0.717, 1.165) is 11.0 Å². The van der Waals surface area contributed by atoms with E-state index in [-0.39, 0.29) is 5.82 Å². The molecule has 3 rings (SSSR count). The van der Waals surface area contributed by atoms with Gasteiger partial charge in [-0.3, -0.25) is 0 Å². The second kappa shape index (κ2) is 4.86. The fourth-order valence-corrected chi connectivity index (χ4v) is 2.11. The summed E-state index contributed by atoms with van der Waals surface area (Å²) in [6.07, 6.45) is 5.51. The minimum Gasteiger partial charge on any atom is -0.327 e. The van der Waals surface area contributed by atoms with Crippen molar-refractivity contribution in [3.63, 3.8) is 0 Å². The second-order valence-corrected chi connectivity index (χ2v) is 4.33. The predicted octanol–water partition coefficient (Wildman–Crippen LogP) is 4.24. The number of imidazole rings is 1. The van der Waals surface area contributed by atoms with Crippen LogP contribution in [0.15, 0.2) is 18.5 Å². The zero-order chi connectivity index (χ0) is 12.4. The fourth-order valence-electron chi connectivity index (χ4n) is 2.11. The van der Waals surface area contributed by atoms with E-state index in [1.54, 1.807) is 13.0 Å². The Bertz CT molecular complexity index is 512. The zero-order valence-electron chi connectivity index (χ0n) is 10.7. The molecule has 1 aromatic heterocycles. The van der Waals surface area contributed by atoms with Crippen LogP contribution >= 0.6 is 0 Å². The van der Waals surface area contributed by atoms with Crippen molar-refractivity contribution >= 4 is 11.0 Å². The largest absolute Gasteiger partial charge is 0.327 e. The van der Waals surface area contributed by atoms with Gasteiger partial charge in [-0.05, 0) is 37.8 Å². The maximum absolute atomic E-state index is 13.5. The van der Waals surface area contributed by atoms with Gasteiger partial charge < -0.3 is 4.57 Å². The van der Waals surface area contributed by atoms with Crippen molar-refractivity contribution in [2.45, 2.75) is 46.1 Å². The van der Waals surface area contributed by atoms with Gasteiger partial charge in [-0.1, -0.05) is 13.8 Å². The number of hydrogen-bond acceptors (Lipinski definition) is 1. The molecule has 92 valence electrons. The summed E-state index contributed by atoms with van der Waals surface area (Å²) in [5.74, 6) is -0.136. The summed E-state index contributed by atoms with van der Waals surface area (Å²) in [4.78, 5) is 4.32. The first-order chi connectivity index (χ1) is 8.25. The summed E-state index contributed by atoms with van der Waals surface area (Å²) in [7, 11) is 0. The maximum atomic E-state index is 13.5. The third-order valence-corrected chi connectivity index (χ3v) is 3.32. The van der Waals surface area contributed by atoms with Gasteiger partial charge in [0.15, 0.2) is 0 Å². The quantitative estimate of drug-likeness (QED) is 0.721. The first-order valence-corrected chi connectivity index (χ1v) is 6.38. The van der Waals surface area contributed by atoms with E-state index < -0.39 is 0 Å². The Kier molecular flexibility index (Phi) is 3.46. The van der Waals surface area contributed by atoms with Crippen LogP contribution in [0.2, 0.25) is 0 Å². The molecule has 0 saturated heterocycles. The predicted molar refractivity (Wildman–Crippen MR) is 68.7 cm³/mol. The molecule has 1 aromatic carbocycles. The summed E-state index contributed by atoms with van der Waals surface area (Å²) >= 11 is 0. The Labute approximate surface area is 101 Å². The van der Waals surface area contributed by atoms with Crippen molar-refractivity contribution in [2.24, 2.45) is 0 Å². The van der Waals surface area contributed by atoms with Crippen LogP contribution in [0.4, 0.5) is 4.39 Å². The monoisotopic (exact) mass is 234 g/mol. The van der Waals surface area contributed by atoms with Crippen LogP contribution in [0, 0.1) is 12.7 Å². The van der Waals surface area contributed by atoms with Crippen molar-refractivity contribution in [1.29, 1.82) is 0 Å². The zero-order valence-corrected chi connectivity index (χ0v) is 10.7. The minimum absolute atomic E-state index is 0.136. The van der Waals surface area contributed by atoms with Crippen molar-refractivity contribution in [3.8, 4) is 0 Å². The first kappa shape index (κ1) is 12.1. The molecule has 0 aliphatic heterocycles. The van der Waals surface area contributed by atoms with E-state index >= 15 is 0 Å². The van der Waals surface area contributed by atoms with Gasteiger partial charge in [0, 0.05) is 12.1 Å². The molecule has 17 heavy (non-hydrogen) atoms. The molecular weight excluding hydrogens is 215 g/mol. The Morgan fingerprint density at radius 1 is 1.29 bits per heavy atom. The number of fused-ring (bicyclic) bond motifs is 1. The van der Waals surface area contributed by atoms with Crippen LogP contribution in [-0.4, -0.2) is 9.55 Å². The van der Waals surface area contributed by atoms with Crippen LogP contribution in [0.25, 0.3) is 11.0 Å². The Morgan fingerprint density at radius 2 is 2.00 bits per heavy atom.